The van der Waals surface area contributed by atoms with Crippen LogP contribution >= 0.6 is 11.6 Å². The summed E-state index contributed by atoms with van der Waals surface area (Å²) in [5.41, 5.74) is 0.775. The molecule has 0 aliphatic carbocycles. The lowest BCUT2D eigenvalue weighted by molar-refractivity contribution is -0.123. The van der Waals surface area contributed by atoms with Crippen molar-refractivity contribution in [2.75, 3.05) is 5.32 Å². The molecule has 0 heterocycles. The first-order valence-corrected chi connectivity index (χ1v) is 9.00. The summed E-state index contributed by atoms with van der Waals surface area (Å²) in [5.74, 6) is 0.263. The molecule has 0 aliphatic heterocycles. The van der Waals surface area contributed by atoms with Crippen LogP contribution in [0.4, 0.5) is 5.69 Å². The fraction of sp³-hybridized carbons (Fsp3) is 0.0909. The van der Waals surface area contributed by atoms with Gasteiger partial charge in [0.25, 0.3) is 5.91 Å². The first kappa shape index (κ1) is 19.5. The fourth-order valence-electron chi connectivity index (χ4n) is 2.38. The first-order chi connectivity index (χ1) is 13.5. The minimum Gasteiger partial charge on any atom is -0.457 e. The number of carbonyl (C=O) groups is 2. The number of nitrogens with one attached hydrogen (secondary N) is 1. The van der Waals surface area contributed by atoms with Crippen molar-refractivity contribution < 1.29 is 19.1 Å². The molecule has 0 radical (unpaired) electrons. The molecule has 3 aromatic carbocycles. The highest BCUT2D eigenvalue weighted by atomic mass is 35.5. The maximum atomic E-state index is 12.3. The number of esters is 1. The zero-order chi connectivity index (χ0) is 19.9. The molecule has 0 fully saturated rings. The van der Waals surface area contributed by atoms with E-state index in [0.717, 1.165) is 5.75 Å². The fourth-order valence-corrected chi connectivity index (χ4v) is 2.59. The van der Waals surface area contributed by atoms with E-state index in [9.17, 15) is 9.59 Å². The summed E-state index contributed by atoms with van der Waals surface area (Å²) >= 11 is 5.97. The second-order valence-corrected chi connectivity index (χ2v) is 6.36. The van der Waals surface area contributed by atoms with Crippen LogP contribution in [-0.2, 0) is 9.53 Å². The molecule has 0 spiro atoms. The van der Waals surface area contributed by atoms with Gasteiger partial charge in [-0.15, -0.1) is 0 Å². The Morgan fingerprint density at radius 1 is 0.857 bits per heavy atom. The van der Waals surface area contributed by atoms with Crippen molar-refractivity contribution in [1.82, 2.24) is 0 Å². The van der Waals surface area contributed by atoms with Gasteiger partial charge in [0.15, 0.2) is 6.10 Å². The largest absolute Gasteiger partial charge is 0.457 e. The Bertz CT molecular complexity index is 958. The van der Waals surface area contributed by atoms with Crippen molar-refractivity contribution in [3.05, 3.63) is 89.4 Å². The summed E-state index contributed by atoms with van der Waals surface area (Å²) < 4.78 is 10.9. The minimum atomic E-state index is -0.982. The van der Waals surface area contributed by atoms with Crippen LogP contribution in [0, 0.1) is 0 Å². The maximum absolute atomic E-state index is 12.3. The second kappa shape index (κ2) is 9.06. The summed E-state index contributed by atoms with van der Waals surface area (Å²) in [4.78, 5) is 24.4. The number of amides is 1. The Kier molecular flexibility index (Phi) is 6.29. The van der Waals surface area contributed by atoms with Gasteiger partial charge in [-0.2, -0.15) is 0 Å². The van der Waals surface area contributed by atoms with Crippen LogP contribution in [0.5, 0.6) is 11.5 Å². The molecule has 6 heteroatoms. The zero-order valence-electron chi connectivity index (χ0n) is 15.1. The van der Waals surface area contributed by atoms with Crippen molar-refractivity contribution >= 4 is 29.2 Å². The number of carbonyl (C=O) groups excluding carboxylic acids is 2. The maximum Gasteiger partial charge on any atom is 0.340 e. The number of hydrogen-bond donors (Lipinski definition) is 1. The van der Waals surface area contributed by atoms with E-state index in [1.165, 1.54) is 6.92 Å². The van der Waals surface area contributed by atoms with Crippen molar-refractivity contribution in [3.63, 3.8) is 0 Å². The molecule has 28 heavy (non-hydrogen) atoms. The number of hydrogen-bond acceptors (Lipinski definition) is 4. The van der Waals surface area contributed by atoms with Crippen molar-refractivity contribution in [2.45, 2.75) is 13.0 Å². The van der Waals surface area contributed by atoms with Gasteiger partial charge in [0, 0.05) is 5.69 Å². The quantitative estimate of drug-likeness (QED) is 0.574. The third-order valence-electron chi connectivity index (χ3n) is 3.85. The van der Waals surface area contributed by atoms with Gasteiger partial charge in [-0.25, -0.2) is 4.79 Å². The van der Waals surface area contributed by atoms with E-state index in [1.54, 1.807) is 48.5 Å². The lowest BCUT2D eigenvalue weighted by atomic mass is 10.2. The Morgan fingerprint density at radius 3 is 2.14 bits per heavy atom. The lowest BCUT2D eigenvalue weighted by Gasteiger charge is -2.14. The molecule has 3 aromatic rings. The molecule has 0 bridgehead atoms. The monoisotopic (exact) mass is 395 g/mol. The Labute approximate surface area is 167 Å². The van der Waals surface area contributed by atoms with E-state index in [1.807, 2.05) is 30.3 Å². The van der Waals surface area contributed by atoms with Gasteiger partial charge >= 0.3 is 5.97 Å². The molecular weight excluding hydrogens is 378 g/mol. The number of anilines is 1. The molecule has 5 nitrogen and oxygen atoms in total. The zero-order valence-corrected chi connectivity index (χ0v) is 15.8. The van der Waals surface area contributed by atoms with Crippen LogP contribution in [-0.4, -0.2) is 18.0 Å². The molecule has 1 atom stereocenters. The molecule has 1 amide bonds. The van der Waals surface area contributed by atoms with Crippen molar-refractivity contribution in [1.29, 1.82) is 0 Å². The average molecular weight is 396 g/mol. The number of halogens is 1. The van der Waals surface area contributed by atoms with Gasteiger partial charge in [-0.1, -0.05) is 41.9 Å². The third-order valence-corrected chi connectivity index (χ3v) is 4.18. The smallest absolute Gasteiger partial charge is 0.340 e. The first-order valence-electron chi connectivity index (χ1n) is 8.62. The van der Waals surface area contributed by atoms with Crippen LogP contribution in [0.2, 0.25) is 5.02 Å². The number of benzene rings is 3. The highest BCUT2D eigenvalue weighted by Gasteiger charge is 2.20. The number of ether oxygens (including phenoxy) is 2. The van der Waals surface area contributed by atoms with E-state index < -0.39 is 18.0 Å². The third kappa shape index (κ3) is 5.11. The number of para-hydroxylation sites is 1. The normalized spacial score (nSPS) is 11.4. The Balaban J connectivity index is 1.56. The van der Waals surface area contributed by atoms with Crippen LogP contribution < -0.4 is 10.1 Å². The van der Waals surface area contributed by atoms with Crippen LogP contribution in [0.25, 0.3) is 0 Å². The highest BCUT2D eigenvalue weighted by molar-refractivity contribution is 6.33. The topological polar surface area (TPSA) is 64.6 Å². The predicted octanol–water partition coefficient (Wildman–Crippen LogP) is 5.32. The van der Waals surface area contributed by atoms with E-state index in [4.69, 9.17) is 21.1 Å². The average Bonchev–Trinajstić information content (AvgIpc) is 2.70. The molecule has 3 rings (SSSR count). The van der Waals surface area contributed by atoms with E-state index in [0.29, 0.717) is 11.4 Å². The summed E-state index contributed by atoms with van der Waals surface area (Å²) in [6.07, 6.45) is -0.982. The molecule has 0 aromatic heterocycles. The second-order valence-electron chi connectivity index (χ2n) is 5.96. The summed E-state index contributed by atoms with van der Waals surface area (Å²) in [6, 6.07) is 22.8. The van der Waals surface area contributed by atoms with Crippen molar-refractivity contribution in [2.24, 2.45) is 0 Å². The van der Waals surface area contributed by atoms with Gasteiger partial charge in [0.1, 0.15) is 11.5 Å². The molecule has 1 N–H and O–H groups in total. The van der Waals surface area contributed by atoms with Gasteiger partial charge in [0.2, 0.25) is 0 Å². The molecule has 0 unspecified atom stereocenters. The molecule has 0 saturated carbocycles. The van der Waals surface area contributed by atoms with Crippen LogP contribution in [0.1, 0.15) is 17.3 Å². The minimum absolute atomic E-state index is 0.214. The van der Waals surface area contributed by atoms with E-state index >= 15 is 0 Å². The van der Waals surface area contributed by atoms with Crippen molar-refractivity contribution in [3.8, 4) is 11.5 Å². The number of rotatable bonds is 6. The standard InChI is InChI=1S/C22H18ClNO4/c1-15(27-22(26)19-9-5-6-10-20(19)23)21(25)24-16-11-13-18(14-12-16)28-17-7-3-2-4-8-17/h2-15H,1H3,(H,24,25)/t15-/m0/s1. The molecular formula is C22H18ClNO4. The van der Waals surface area contributed by atoms with Gasteiger partial charge in [-0.3, -0.25) is 4.79 Å². The highest BCUT2D eigenvalue weighted by Crippen LogP contribution is 2.23. The van der Waals surface area contributed by atoms with Gasteiger partial charge in [0.05, 0.1) is 10.6 Å². The molecule has 0 saturated heterocycles. The van der Waals surface area contributed by atoms with Crippen LogP contribution in [0.3, 0.4) is 0 Å². The van der Waals surface area contributed by atoms with Gasteiger partial charge in [-0.05, 0) is 55.5 Å². The lowest BCUT2D eigenvalue weighted by Crippen LogP contribution is -2.30. The van der Waals surface area contributed by atoms with Gasteiger partial charge < -0.3 is 14.8 Å². The molecule has 142 valence electrons. The predicted molar refractivity (Wildman–Crippen MR) is 108 cm³/mol. The van der Waals surface area contributed by atoms with E-state index in [-0.39, 0.29) is 10.6 Å². The summed E-state index contributed by atoms with van der Waals surface area (Å²) in [6.45, 7) is 1.50. The Morgan fingerprint density at radius 2 is 1.46 bits per heavy atom. The van der Waals surface area contributed by atoms with E-state index in [2.05, 4.69) is 5.32 Å². The Hall–Kier alpha value is -3.31. The SMILES string of the molecule is C[C@H](OC(=O)c1ccccc1Cl)C(=O)Nc1ccc(Oc2ccccc2)cc1. The molecule has 0 aliphatic rings. The van der Waals surface area contributed by atoms with Crippen LogP contribution in [0.15, 0.2) is 78.9 Å². The summed E-state index contributed by atoms with van der Waals surface area (Å²) in [5, 5.41) is 2.97. The summed E-state index contributed by atoms with van der Waals surface area (Å²) in [7, 11) is 0.